The summed E-state index contributed by atoms with van der Waals surface area (Å²) in [6.07, 6.45) is -0.646. The Balaban J connectivity index is 3.14. The van der Waals surface area contributed by atoms with E-state index in [1.807, 2.05) is 0 Å². The summed E-state index contributed by atoms with van der Waals surface area (Å²) >= 11 is 0. The predicted octanol–water partition coefficient (Wildman–Crippen LogP) is 0.610. The molecular formula is C17H33NO10. The standard InChI is InChI=1S/C17H33NO10/c1-17(2,3)28-16(21)18-27-13-12-25-9-8-23-5-4-22-6-7-24-10-11-26-14-15(19)20/h4-14H2,1-3H3,(H,18,21)(H,19,20). The first-order valence-electron chi connectivity index (χ1n) is 9.02. The maximum absolute atomic E-state index is 11.3. The molecule has 28 heavy (non-hydrogen) atoms. The number of carbonyl (C=O) groups is 2. The van der Waals surface area contributed by atoms with Gasteiger partial charge in [0.2, 0.25) is 0 Å². The van der Waals surface area contributed by atoms with Crippen LogP contribution in [0.25, 0.3) is 0 Å². The Morgan fingerprint density at radius 2 is 1.11 bits per heavy atom. The van der Waals surface area contributed by atoms with Crippen molar-refractivity contribution in [2.45, 2.75) is 26.4 Å². The third-order valence-corrected chi connectivity index (χ3v) is 2.60. The molecule has 0 rings (SSSR count). The summed E-state index contributed by atoms with van der Waals surface area (Å²) in [6.45, 7) is 8.52. The molecule has 0 unspecified atom stereocenters. The molecule has 0 bridgehead atoms. The molecule has 0 aromatic carbocycles. The zero-order valence-corrected chi connectivity index (χ0v) is 16.9. The van der Waals surface area contributed by atoms with E-state index in [-0.39, 0.29) is 19.8 Å². The summed E-state index contributed by atoms with van der Waals surface area (Å²) in [5.41, 5.74) is 1.59. The van der Waals surface area contributed by atoms with Crippen molar-refractivity contribution in [3.05, 3.63) is 0 Å². The fourth-order valence-corrected chi connectivity index (χ4v) is 1.55. The Hall–Kier alpha value is -1.50. The van der Waals surface area contributed by atoms with Crippen LogP contribution in [0, 0.1) is 0 Å². The second-order valence-corrected chi connectivity index (χ2v) is 6.35. The van der Waals surface area contributed by atoms with E-state index in [1.165, 1.54) is 0 Å². The van der Waals surface area contributed by atoms with Crippen LogP contribution in [0.1, 0.15) is 20.8 Å². The molecule has 0 aromatic rings. The van der Waals surface area contributed by atoms with E-state index in [2.05, 4.69) is 5.48 Å². The quantitative estimate of drug-likeness (QED) is 0.244. The van der Waals surface area contributed by atoms with Crippen molar-refractivity contribution in [2.75, 3.05) is 72.7 Å². The zero-order chi connectivity index (χ0) is 21.1. The smallest absolute Gasteiger partial charge is 0.431 e. The highest BCUT2D eigenvalue weighted by Crippen LogP contribution is 2.06. The van der Waals surface area contributed by atoms with Crippen LogP contribution >= 0.6 is 0 Å². The number of rotatable bonds is 18. The fraction of sp³-hybridized carbons (Fsp3) is 0.882. The number of hydrogen-bond donors (Lipinski definition) is 2. The van der Waals surface area contributed by atoms with Crippen LogP contribution in [0.5, 0.6) is 0 Å². The third kappa shape index (κ3) is 22.5. The Kier molecular flexibility index (Phi) is 16.6. The van der Waals surface area contributed by atoms with E-state index in [0.29, 0.717) is 52.9 Å². The molecule has 2 N–H and O–H groups in total. The molecule has 0 fully saturated rings. The van der Waals surface area contributed by atoms with Gasteiger partial charge in [0.1, 0.15) is 12.2 Å². The van der Waals surface area contributed by atoms with Crippen LogP contribution in [0.3, 0.4) is 0 Å². The first kappa shape index (κ1) is 26.5. The minimum atomic E-state index is -1.00. The van der Waals surface area contributed by atoms with Crippen LogP contribution in [-0.2, 0) is 38.1 Å². The van der Waals surface area contributed by atoms with Gasteiger partial charge in [0, 0.05) is 0 Å². The highest BCUT2D eigenvalue weighted by atomic mass is 16.7. The van der Waals surface area contributed by atoms with Gasteiger partial charge in [0.15, 0.2) is 0 Å². The van der Waals surface area contributed by atoms with Gasteiger partial charge in [-0.3, -0.25) is 4.84 Å². The van der Waals surface area contributed by atoms with Crippen LogP contribution in [-0.4, -0.2) is 95.4 Å². The number of carbonyl (C=O) groups excluding carboxylic acids is 1. The number of ether oxygens (including phenoxy) is 6. The molecule has 0 radical (unpaired) electrons. The summed E-state index contributed by atoms with van der Waals surface area (Å²) in [4.78, 5) is 26.4. The SMILES string of the molecule is CC(C)(C)OC(=O)NOCCOCCOCCOCCOCCOCC(=O)O. The largest absolute Gasteiger partial charge is 0.480 e. The molecular weight excluding hydrogens is 378 g/mol. The summed E-state index contributed by atoms with van der Waals surface area (Å²) in [7, 11) is 0. The number of hydrogen-bond acceptors (Lipinski definition) is 9. The molecule has 0 saturated carbocycles. The minimum absolute atomic E-state index is 0.198. The topological polar surface area (TPSA) is 131 Å². The lowest BCUT2D eigenvalue weighted by Crippen LogP contribution is -2.33. The number of carboxylic acid groups (broad SMARTS) is 1. The van der Waals surface area contributed by atoms with E-state index in [0.717, 1.165) is 0 Å². The van der Waals surface area contributed by atoms with Crippen LogP contribution in [0.15, 0.2) is 0 Å². The zero-order valence-electron chi connectivity index (χ0n) is 16.9. The summed E-state index contributed by atoms with van der Waals surface area (Å²) in [5, 5.41) is 8.36. The Morgan fingerprint density at radius 3 is 1.50 bits per heavy atom. The molecule has 0 heterocycles. The van der Waals surface area contributed by atoms with Gasteiger partial charge in [0.05, 0.1) is 66.1 Å². The van der Waals surface area contributed by atoms with Gasteiger partial charge >= 0.3 is 12.1 Å². The molecule has 0 saturated heterocycles. The van der Waals surface area contributed by atoms with Gasteiger partial charge in [-0.1, -0.05) is 0 Å². The molecule has 0 aromatic heterocycles. The first-order valence-corrected chi connectivity index (χ1v) is 9.02. The average Bonchev–Trinajstić information content (AvgIpc) is 2.59. The van der Waals surface area contributed by atoms with E-state index < -0.39 is 17.7 Å². The van der Waals surface area contributed by atoms with Crippen LogP contribution in [0.2, 0.25) is 0 Å². The van der Waals surface area contributed by atoms with Crippen LogP contribution in [0.4, 0.5) is 4.79 Å². The summed E-state index contributed by atoms with van der Waals surface area (Å²) in [5.74, 6) is -1.00. The van der Waals surface area contributed by atoms with Crippen molar-refractivity contribution in [3.63, 3.8) is 0 Å². The van der Waals surface area contributed by atoms with Gasteiger partial charge < -0.3 is 33.5 Å². The second-order valence-electron chi connectivity index (χ2n) is 6.35. The van der Waals surface area contributed by atoms with E-state index in [1.54, 1.807) is 20.8 Å². The van der Waals surface area contributed by atoms with E-state index in [9.17, 15) is 9.59 Å². The predicted molar refractivity (Wildman–Crippen MR) is 97.1 cm³/mol. The fourth-order valence-electron chi connectivity index (χ4n) is 1.55. The lowest BCUT2D eigenvalue weighted by Gasteiger charge is -2.19. The lowest BCUT2D eigenvalue weighted by atomic mass is 10.2. The number of amides is 1. The number of nitrogens with one attached hydrogen (secondary N) is 1. The van der Waals surface area contributed by atoms with Crippen molar-refractivity contribution in [2.24, 2.45) is 0 Å². The Bertz CT molecular complexity index is 400. The van der Waals surface area contributed by atoms with Crippen LogP contribution < -0.4 is 5.48 Å². The Labute approximate surface area is 165 Å². The molecule has 11 nitrogen and oxygen atoms in total. The molecule has 0 aliphatic heterocycles. The van der Waals surface area contributed by atoms with E-state index in [4.69, 9.17) is 38.4 Å². The van der Waals surface area contributed by atoms with Gasteiger partial charge in [-0.2, -0.15) is 5.48 Å². The third-order valence-electron chi connectivity index (χ3n) is 2.60. The van der Waals surface area contributed by atoms with Crippen molar-refractivity contribution < 1.29 is 48.0 Å². The molecule has 0 aliphatic rings. The first-order chi connectivity index (χ1) is 13.3. The van der Waals surface area contributed by atoms with Gasteiger partial charge in [0.25, 0.3) is 0 Å². The Morgan fingerprint density at radius 1 is 0.714 bits per heavy atom. The number of carboxylic acids is 1. The molecule has 1 amide bonds. The summed E-state index contributed by atoms with van der Waals surface area (Å²) < 4.78 is 30.9. The minimum Gasteiger partial charge on any atom is -0.480 e. The monoisotopic (exact) mass is 411 g/mol. The number of hydroxylamine groups is 1. The lowest BCUT2D eigenvalue weighted by molar-refractivity contribution is -0.142. The molecule has 0 atom stereocenters. The molecule has 11 heteroatoms. The summed E-state index contributed by atoms with van der Waals surface area (Å²) in [6, 6.07) is 0. The number of aliphatic carboxylic acids is 1. The van der Waals surface area contributed by atoms with Crippen molar-refractivity contribution in [3.8, 4) is 0 Å². The van der Waals surface area contributed by atoms with Gasteiger partial charge in [-0.15, -0.1) is 0 Å². The van der Waals surface area contributed by atoms with Crippen molar-refractivity contribution in [1.82, 2.24) is 5.48 Å². The normalized spacial score (nSPS) is 11.4. The average molecular weight is 411 g/mol. The van der Waals surface area contributed by atoms with E-state index >= 15 is 0 Å². The van der Waals surface area contributed by atoms with Gasteiger partial charge in [-0.25, -0.2) is 9.59 Å². The molecule has 166 valence electrons. The molecule has 0 aliphatic carbocycles. The highest BCUT2D eigenvalue weighted by Gasteiger charge is 2.15. The van der Waals surface area contributed by atoms with Crippen molar-refractivity contribution >= 4 is 12.1 Å². The van der Waals surface area contributed by atoms with Crippen molar-refractivity contribution in [1.29, 1.82) is 0 Å². The second kappa shape index (κ2) is 17.6. The maximum atomic E-state index is 11.3. The maximum Gasteiger partial charge on any atom is 0.431 e. The molecule has 0 spiro atoms. The van der Waals surface area contributed by atoms with Gasteiger partial charge in [-0.05, 0) is 20.8 Å². The highest BCUT2D eigenvalue weighted by molar-refractivity contribution is 5.68.